The third-order valence-corrected chi connectivity index (χ3v) is 4.41. The number of aryl methyl sites for hydroxylation is 1. The van der Waals surface area contributed by atoms with Crippen LogP contribution in [0.1, 0.15) is 31.9 Å². The quantitative estimate of drug-likeness (QED) is 0.857. The van der Waals surface area contributed by atoms with Crippen LogP contribution < -0.4 is 10.1 Å². The highest BCUT2D eigenvalue weighted by atomic mass is 16.5. The van der Waals surface area contributed by atoms with E-state index in [2.05, 4.69) is 56.4 Å². The molecule has 2 aliphatic rings. The molecule has 0 aliphatic carbocycles. The molecule has 0 saturated carbocycles. The van der Waals surface area contributed by atoms with Gasteiger partial charge in [0, 0.05) is 17.7 Å². The van der Waals surface area contributed by atoms with Crippen LogP contribution in [0.25, 0.3) is 0 Å². The normalized spacial score (nSPS) is 23.3. The van der Waals surface area contributed by atoms with Crippen LogP contribution in [0.2, 0.25) is 0 Å². The number of quaternary nitrogens is 1. The van der Waals surface area contributed by atoms with E-state index in [0.29, 0.717) is 6.04 Å². The fourth-order valence-corrected chi connectivity index (χ4v) is 3.06. The molecule has 0 fully saturated rings. The Morgan fingerprint density at radius 3 is 2.95 bits per heavy atom. The number of nitrogens with one attached hydrogen (secondary N) is 1. The Morgan fingerprint density at radius 2 is 2.19 bits per heavy atom. The smallest absolute Gasteiger partial charge is 0.169 e. The summed E-state index contributed by atoms with van der Waals surface area (Å²) in [6.45, 7) is 9.55. The van der Waals surface area contributed by atoms with Gasteiger partial charge in [0.25, 0.3) is 0 Å². The van der Waals surface area contributed by atoms with Gasteiger partial charge < -0.3 is 4.74 Å². The van der Waals surface area contributed by atoms with E-state index in [9.17, 15) is 0 Å². The van der Waals surface area contributed by atoms with E-state index in [-0.39, 0.29) is 0 Å². The Hall–Kier alpha value is -1.58. The Morgan fingerprint density at radius 1 is 1.33 bits per heavy atom. The fraction of sp³-hybridized carbons (Fsp3) is 0.444. The van der Waals surface area contributed by atoms with Gasteiger partial charge in [0.1, 0.15) is 25.5 Å². The van der Waals surface area contributed by atoms with Gasteiger partial charge in [-0.05, 0) is 44.0 Å². The molecule has 0 bridgehead atoms. The second kappa shape index (κ2) is 5.66. The Balaban J connectivity index is 1.94. The molecule has 0 saturated heterocycles. The van der Waals surface area contributed by atoms with E-state index in [4.69, 9.17) is 4.74 Å². The highest BCUT2D eigenvalue weighted by molar-refractivity contribution is 5.39. The number of allylic oxidation sites excluding steroid dienone is 1. The molecule has 3 rings (SSSR count). The highest BCUT2D eigenvalue weighted by Gasteiger charge is 2.37. The Bertz CT molecular complexity index is 589. The van der Waals surface area contributed by atoms with Crippen molar-refractivity contribution in [3.05, 3.63) is 53.4 Å². The SMILES string of the molecule is CCc1ccc2c(c1)C[N+]1(CNC(C)C)CC=CC1=CO2. The van der Waals surface area contributed by atoms with Crippen molar-refractivity contribution >= 4 is 0 Å². The van der Waals surface area contributed by atoms with Crippen LogP contribution in [0.15, 0.2) is 42.3 Å². The zero-order valence-electron chi connectivity index (χ0n) is 13.2. The molecule has 0 spiro atoms. The van der Waals surface area contributed by atoms with Crippen LogP contribution >= 0.6 is 0 Å². The average Bonchev–Trinajstić information content (AvgIpc) is 2.80. The van der Waals surface area contributed by atoms with Gasteiger partial charge in [0.2, 0.25) is 0 Å². The fourth-order valence-electron chi connectivity index (χ4n) is 3.06. The molecule has 1 N–H and O–H groups in total. The average molecular weight is 285 g/mol. The first kappa shape index (κ1) is 14.4. The maximum Gasteiger partial charge on any atom is 0.169 e. The maximum atomic E-state index is 5.94. The molecule has 1 aromatic rings. The maximum absolute atomic E-state index is 5.94. The monoisotopic (exact) mass is 285 g/mol. The van der Waals surface area contributed by atoms with Crippen molar-refractivity contribution in [2.75, 3.05) is 13.2 Å². The number of nitrogens with zero attached hydrogens (tertiary/aromatic N) is 1. The summed E-state index contributed by atoms with van der Waals surface area (Å²) < 4.78 is 6.85. The summed E-state index contributed by atoms with van der Waals surface area (Å²) in [6.07, 6.45) is 7.46. The summed E-state index contributed by atoms with van der Waals surface area (Å²) in [6, 6.07) is 7.08. The number of hydrogen-bond donors (Lipinski definition) is 1. The lowest BCUT2D eigenvalue weighted by Crippen LogP contribution is -2.50. The van der Waals surface area contributed by atoms with E-state index in [0.717, 1.165) is 36.4 Å². The summed E-state index contributed by atoms with van der Waals surface area (Å²) in [5.74, 6) is 1.00. The topological polar surface area (TPSA) is 21.3 Å². The zero-order valence-corrected chi connectivity index (χ0v) is 13.2. The zero-order chi connectivity index (χ0) is 14.9. The number of rotatable bonds is 4. The van der Waals surface area contributed by atoms with Gasteiger partial charge in [-0.3, -0.25) is 9.80 Å². The van der Waals surface area contributed by atoms with Crippen molar-refractivity contribution in [2.24, 2.45) is 0 Å². The molecule has 3 heteroatoms. The molecular weight excluding hydrogens is 260 g/mol. The van der Waals surface area contributed by atoms with Gasteiger partial charge in [-0.15, -0.1) is 0 Å². The largest absolute Gasteiger partial charge is 0.458 e. The molecule has 0 aromatic heterocycles. The summed E-state index contributed by atoms with van der Waals surface area (Å²) in [5.41, 5.74) is 3.95. The molecule has 1 unspecified atom stereocenters. The first-order valence-electron chi connectivity index (χ1n) is 7.88. The molecule has 1 atom stereocenters. The molecule has 1 aromatic carbocycles. The first-order chi connectivity index (χ1) is 10.1. The van der Waals surface area contributed by atoms with Gasteiger partial charge in [-0.25, -0.2) is 0 Å². The van der Waals surface area contributed by atoms with Gasteiger partial charge in [0.05, 0.1) is 0 Å². The van der Waals surface area contributed by atoms with Crippen LogP contribution in [-0.4, -0.2) is 23.7 Å². The van der Waals surface area contributed by atoms with Gasteiger partial charge in [-0.2, -0.15) is 0 Å². The Labute approximate surface area is 127 Å². The molecule has 2 aliphatic heterocycles. The van der Waals surface area contributed by atoms with Gasteiger partial charge in [-0.1, -0.05) is 13.0 Å². The van der Waals surface area contributed by atoms with Crippen LogP contribution in [-0.2, 0) is 13.0 Å². The first-order valence-corrected chi connectivity index (χ1v) is 7.88. The van der Waals surface area contributed by atoms with E-state index in [1.165, 1.54) is 16.8 Å². The third kappa shape index (κ3) is 2.76. The number of ether oxygens (including phenoxy) is 1. The van der Waals surface area contributed by atoms with Crippen LogP contribution in [0.4, 0.5) is 0 Å². The second-order valence-electron chi connectivity index (χ2n) is 6.36. The lowest BCUT2D eigenvalue weighted by molar-refractivity contribution is -0.896. The van der Waals surface area contributed by atoms with Crippen molar-refractivity contribution in [3.63, 3.8) is 0 Å². The van der Waals surface area contributed by atoms with Crippen molar-refractivity contribution in [3.8, 4) is 5.75 Å². The summed E-state index contributed by atoms with van der Waals surface area (Å²) in [4.78, 5) is 0. The van der Waals surface area contributed by atoms with E-state index < -0.39 is 0 Å². The van der Waals surface area contributed by atoms with Crippen LogP contribution in [0.5, 0.6) is 5.75 Å². The van der Waals surface area contributed by atoms with Crippen molar-refractivity contribution in [2.45, 2.75) is 39.8 Å². The summed E-state index contributed by atoms with van der Waals surface area (Å²) in [5, 5.41) is 3.60. The number of fused-ring (bicyclic) bond motifs is 2. The van der Waals surface area contributed by atoms with Crippen LogP contribution in [0, 0.1) is 0 Å². The molecule has 3 nitrogen and oxygen atoms in total. The number of hydrogen-bond acceptors (Lipinski definition) is 2. The van der Waals surface area contributed by atoms with E-state index in [1.807, 2.05) is 6.26 Å². The predicted octanol–water partition coefficient (Wildman–Crippen LogP) is 3.32. The second-order valence-corrected chi connectivity index (χ2v) is 6.36. The van der Waals surface area contributed by atoms with Gasteiger partial charge >= 0.3 is 0 Å². The minimum Gasteiger partial charge on any atom is -0.458 e. The molecule has 2 heterocycles. The van der Waals surface area contributed by atoms with Crippen molar-refractivity contribution < 1.29 is 9.22 Å². The number of benzene rings is 1. The molecule has 0 radical (unpaired) electrons. The minimum atomic E-state index is 0.491. The lowest BCUT2D eigenvalue weighted by atomic mass is 10.1. The predicted molar refractivity (Wildman–Crippen MR) is 85.6 cm³/mol. The standard InChI is InChI=1S/C18H25N2O/c1-4-15-7-8-18-16(10-15)11-20(13-19-14(2)3)9-5-6-17(20)12-21-18/h5-8,10,12,14,19H,4,9,11,13H2,1-3H3/q+1. The summed E-state index contributed by atoms with van der Waals surface area (Å²) >= 11 is 0. The van der Waals surface area contributed by atoms with E-state index in [1.54, 1.807) is 0 Å². The highest BCUT2D eigenvalue weighted by Crippen LogP contribution is 2.35. The van der Waals surface area contributed by atoms with Crippen molar-refractivity contribution in [1.29, 1.82) is 0 Å². The molecular formula is C18H25N2O+. The molecule has 0 amide bonds. The molecule has 112 valence electrons. The Kier molecular flexibility index (Phi) is 3.87. The molecule has 21 heavy (non-hydrogen) atoms. The minimum absolute atomic E-state index is 0.491. The van der Waals surface area contributed by atoms with E-state index >= 15 is 0 Å². The van der Waals surface area contributed by atoms with Crippen LogP contribution in [0.3, 0.4) is 0 Å². The lowest BCUT2D eigenvalue weighted by Gasteiger charge is -2.34. The third-order valence-electron chi connectivity index (χ3n) is 4.41. The summed E-state index contributed by atoms with van der Waals surface area (Å²) in [7, 11) is 0. The van der Waals surface area contributed by atoms with Crippen molar-refractivity contribution in [1.82, 2.24) is 5.32 Å². The van der Waals surface area contributed by atoms with Gasteiger partial charge in [0.15, 0.2) is 12.0 Å².